The molecule has 0 saturated carbocycles. The molecule has 0 spiro atoms. The molecule has 6 heteroatoms. The van der Waals surface area contributed by atoms with Gasteiger partial charge in [0.15, 0.2) is 0 Å². The number of fused-ring (bicyclic) bond motifs is 1. The third-order valence-electron chi connectivity index (χ3n) is 4.42. The predicted molar refractivity (Wildman–Crippen MR) is 96.2 cm³/mol. The van der Waals surface area contributed by atoms with Crippen molar-refractivity contribution in [3.05, 3.63) is 47.3 Å². The summed E-state index contributed by atoms with van der Waals surface area (Å²) < 4.78 is 1.87. The lowest BCUT2D eigenvalue weighted by Gasteiger charge is -2.29. The fourth-order valence-electron chi connectivity index (χ4n) is 3.08. The molecule has 1 aromatic carbocycles. The standard InChI is InChI=1S/C19H24N4O2/c1-13(2)23-9-7-18(21-23)11-19(25)22-8-6-15-4-5-17(20-14(3)24)10-16(15)12-22/h4-5,7,9-10,13H,6,8,11-12H2,1-3H3,(H,20,24). The van der Waals surface area contributed by atoms with Gasteiger partial charge in [-0.3, -0.25) is 14.3 Å². The molecule has 2 amide bonds. The van der Waals surface area contributed by atoms with Gasteiger partial charge in [0.1, 0.15) is 0 Å². The molecule has 25 heavy (non-hydrogen) atoms. The van der Waals surface area contributed by atoms with Gasteiger partial charge in [-0.05, 0) is 49.6 Å². The number of nitrogens with one attached hydrogen (secondary N) is 1. The van der Waals surface area contributed by atoms with Crippen LogP contribution in [-0.2, 0) is 29.0 Å². The normalized spacial score (nSPS) is 13.7. The first-order valence-electron chi connectivity index (χ1n) is 8.63. The van der Waals surface area contributed by atoms with Gasteiger partial charge in [0.25, 0.3) is 0 Å². The van der Waals surface area contributed by atoms with E-state index in [1.165, 1.54) is 12.5 Å². The van der Waals surface area contributed by atoms with Gasteiger partial charge in [0.2, 0.25) is 11.8 Å². The van der Waals surface area contributed by atoms with Gasteiger partial charge < -0.3 is 10.2 Å². The van der Waals surface area contributed by atoms with Crippen molar-refractivity contribution in [2.45, 2.75) is 46.2 Å². The number of amides is 2. The van der Waals surface area contributed by atoms with Crippen LogP contribution in [0.1, 0.15) is 43.6 Å². The first kappa shape index (κ1) is 17.2. The van der Waals surface area contributed by atoms with Gasteiger partial charge in [0.05, 0.1) is 12.1 Å². The molecule has 132 valence electrons. The largest absolute Gasteiger partial charge is 0.338 e. The molecule has 6 nitrogen and oxygen atoms in total. The molecule has 1 aliphatic heterocycles. The molecule has 1 aliphatic rings. The van der Waals surface area contributed by atoms with Gasteiger partial charge >= 0.3 is 0 Å². The third kappa shape index (κ3) is 4.07. The number of anilines is 1. The van der Waals surface area contributed by atoms with E-state index in [1.807, 2.05) is 40.0 Å². The summed E-state index contributed by atoms with van der Waals surface area (Å²) >= 11 is 0. The maximum Gasteiger partial charge on any atom is 0.228 e. The van der Waals surface area contributed by atoms with Gasteiger partial charge in [-0.2, -0.15) is 5.10 Å². The molecule has 0 aliphatic carbocycles. The van der Waals surface area contributed by atoms with Crippen LogP contribution in [0.25, 0.3) is 0 Å². The van der Waals surface area contributed by atoms with Gasteiger partial charge in [-0.15, -0.1) is 0 Å². The van der Waals surface area contributed by atoms with Gasteiger partial charge in [-0.1, -0.05) is 6.07 Å². The summed E-state index contributed by atoms with van der Waals surface area (Å²) in [5.74, 6) is -0.00554. The SMILES string of the molecule is CC(=O)Nc1ccc2c(c1)CN(C(=O)Cc1ccn(C(C)C)n1)CC2. The molecule has 0 unspecified atom stereocenters. The van der Waals surface area contributed by atoms with Crippen molar-refractivity contribution in [3.8, 4) is 0 Å². The van der Waals surface area contributed by atoms with Crippen molar-refractivity contribution in [1.29, 1.82) is 0 Å². The highest BCUT2D eigenvalue weighted by Crippen LogP contribution is 2.23. The minimum atomic E-state index is -0.0931. The van der Waals surface area contributed by atoms with Crippen LogP contribution in [0.4, 0.5) is 5.69 Å². The van der Waals surface area contributed by atoms with Crippen molar-refractivity contribution >= 4 is 17.5 Å². The molecule has 0 atom stereocenters. The Morgan fingerprint density at radius 1 is 1.24 bits per heavy atom. The Morgan fingerprint density at radius 2 is 2.04 bits per heavy atom. The third-order valence-corrected chi connectivity index (χ3v) is 4.42. The van der Waals surface area contributed by atoms with Crippen molar-refractivity contribution in [3.63, 3.8) is 0 Å². The molecule has 0 fully saturated rings. The summed E-state index contributed by atoms with van der Waals surface area (Å²) in [6.07, 6.45) is 3.07. The number of rotatable bonds is 4. The first-order valence-corrected chi connectivity index (χ1v) is 8.63. The molecular weight excluding hydrogens is 316 g/mol. The summed E-state index contributed by atoms with van der Waals surface area (Å²) in [6, 6.07) is 8.11. The predicted octanol–water partition coefficient (Wildman–Crippen LogP) is 2.55. The van der Waals surface area contributed by atoms with Crippen LogP contribution in [0.15, 0.2) is 30.5 Å². The number of aromatic nitrogens is 2. The Hall–Kier alpha value is -2.63. The van der Waals surface area contributed by atoms with Crippen molar-refractivity contribution < 1.29 is 9.59 Å². The molecule has 3 rings (SSSR count). The smallest absolute Gasteiger partial charge is 0.228 e. The van der Waals surface area contributed by atoms with Crippen LogP contribution < -0.4 is 5.32 Å². The lowest BCUT2D eigenvalue weighted by Crippen LogP contribution is -2.37. The fraction of sp³-hybridized carbons (Fsp3) is 0.421. The number of benzene rings is 1. The van der Waals surface area contributed by atoms with Crippen molar-refractivity contribution in [2.75, 3.05) is 11.9 Å². The zero-order valence-electron chi connectivity index (χ0n) is 15.0. The van der Waals surface area contributed by atoms with Crippen LogP contribution in [0.2, 0.25) is 0 Å². The summed E-state index contributed by atoms with van der Waals surface area (Å²) in [5, 5.41) is 7.25. The Balaban J connectivity index is 1.68. The number of hydrogen-bond donors (Lipinski definition) is 1. The average molecular weight is 340 g/mol. The van der Waals surface area contributed by atoms with E-state index >= 15 is 0 Å². The highest BCUT2D eigenvalue weighted by molar-refractivity contribution is 5.88. The van der Waals surface area contributed by atoms with Crippen molar-refractivity contribution in [2.24, 2.45) is 0 Å². The summed E-state index contributed by atoms with van der Waals surface area (Å²) in [4.78, 5) is 25.7. The average Bonchev–Trinajstić information content (AvgIpc) is 3.02. The Labute approximate surface area is 147 Å². The highest BCUT2D eigenvalue weighted by atomic mass is 16.2. The maximum atomic E-state index is 12.6. The quantitative estimate of drug-likeness (QED) is 0.930. The van der Waals surface area contributed by atoms with E-state index in [2.05, 4.69) is 24.3 Å². The van der Waals surface area contributed by atoms with E-state index < -0.39 is 0 Å². The summed E-state index contributed by atoms with van der Waals surface area (Å²) in [6.45, 7) is 6.91. The van der Waals surface area contributed by atoms with E-state index in [0.717, 1.165) is 29.9 Å². The summed E-state index contributed by atoms with van der Waals surface area (Å²) in [7, 11) is 0. The van der Waals surface area contributed by atoms with E-state index in [9.17, 15) is 9.59 Å². The van der Waals surface area contributed by atoms with E-state index in [-0.39, 0.29) is 17.9 Å². The molecular formula is C19H24N4O2. The molecule has 2 heterocycles. The van der Waals surface area contributed by atoms with Crippen LogP contribution in [-0.4, -0.2) is 33.0 Å². The first-order chi connectivity index (χ1) is 11.9. The van der Waals surface area contributed by atoms with Crippen molar-refractivity contribution in [1.82, 2.24) is 14.7 Å². The molecule has 1 aromatic heterocycles. The lowest BCUT2D eigenvalue weighted by molar-refractivity contribution is -0.131. The molecule has 1 N–H and O–H groups in total. The molecule has 2 aromatic rings. The Bertz CT molecular complexity index is 794. The Morgan fingerprint density at radius 3 is 2.72 bits per heavy atom. The maximum absolute atomic E-state index is 12.6. The van der Waals surface area contributed by atoms with E-state index in [4.69, 9.17) is 0 Å². The number of carbonyl (C=O) groups is 2. The van der Waals surface area contributed by atoms with Gasteiger partial charge in [0, 0.05) is 37.9 Å². The van der Waals surface area contributed by atoms with Gasteiger partial charge in [-0.25, -0.2) is 0 Å². The van der Waals surface area contributed by atoms with Crippen LogP contribution >= 0.6 is 0 Å². The molecule has 0 saturated heterocycles. The zero-order valence-corrected chi connectivity index (χ0v) is 15.0. The number of carbonyl (C=O) groups excluding carboxylic acids is 2. The van der Waals surface area contributed by atoms with Crippen LogP contribution in [0.5, 0.6) is 0 Å². The van der Waals surface area contributed by atoms with Crippen LogP contribution in [0.3, 0.4) is 0 Å². The van der Waals surface area contributed by atoms with E-state index in [1.54, 1.807) is 0 Å². The zero-order chi connectivity index (χ0) is 18.0. The van der Waals surface area contributed by atoms with E-state index in [0.29, 0.717) is 13.0 Å². The molecule has 0 bridgehead atoms. The number of hydrogen-bond acceptors (Lipinski definition) is 3. The van der Waals surface area contributed by atoms with Crippen LogP contribution in [0, 0.1) is 0 Å². The minimum Gasteiger partial charge on any atom is -0.338 e. The summed E-state index contributed by atoms with van der Waals surface area (Å²) in [5.41, 5.74) is 3.91. The number of nitrogens with zero attached hydrogens (tertiary/aromatic N) is 3. The molecule has 0 radical (unpaired) electrons. The lowest BCUT2D eigenvalue weighted by atomic mass is 9.98. The monoisotopic (exact) mass is 340 g/mol. The Kier molecular flexibility index (Phi) is 4.88. The highest BCUT2D eigenvalue weighted by Gasteiger charge is 2.22. The second-order valence-electron chi connectivity index (χ2n) is 6.79. The topological polar surface area (TPSA) is 67.2 Å². The second kappa shape index (κ2) is 7.09. The second-order valence-corrected chi connectivity index (χ2v) is 6.79. The fourth-order valence-corrected chi connectivity index (χ4v) is 3.08. The minimum absolute atomic E-state index is 0.0876.